The molecular weight excluding hydrogens is 279 g/mol. The molecule has 0 heterocycles. The van der Waals surface area contributed by atoms with Crippen LogP contribution in [0.15, 0.2) is 53.6 Å². The summed E-state index contributed by atoms with van der Waals surface area (Å²) in [5.41, 5.74) is 4.93. The van der Waals surface area contributed by atoms with E-state index in [2.05, 4.69) is 31.3 Å². The van der Waals surface area contributed by atoms with E-state index in [9.17, 15) is 9.18 Å². The number of amides is 1. The molecule has 1 N–H and O–H groups in total. The van der Waals surface area contributed by atoms with Gasteiger partial charge < -0.3 is 0 Å². The van der Waals surface area contributed by atoms with E-state index in [1.165, 1.54) is 23.9 Å². The molecule has 114 valence electrons. The molecule has 0 unspecified atom stereocenters. The number of hydrogen-bond acceptors (Lipinski definition) is 2. The molecular formula is C18H19FN2O. The van der Waals surface area contributed by atoms with Crippen molar-refractivity contribution in [2.75, 3.05) is 0 Å². The van der Waals surface area contributed by atoms with Crippen LogP contribution < -0.4 is 5.43 Å². The molecule has 0 aliphatic carbocycles. The van der Waals surface area contributed by atoms with Gasteiger partial charge >= 0.3 is 0 Å². The third-order valence-electron chi connectivity index (χ3n) is 3.26. The molecule has 2 aromatic rings. The van der Waals surface area contributed by atoms with Gasteiger partial charge in [-0.05, 0) is 40.8 Å². The monoisotopic (exact) mass is 298 g/mol. The van der Waals surface area contributed by atoms with Crippen LogP contribution >= 0.6 is 0 Å². The number of hydrazone groups is 1. The summed E-state index contributed by atoms with van der Waals surface area (Å²) in [6.07, 6.45) is 1.47. The predicted molar refractivity (Wildman–Crippen MR) is 86.6 cm³/mol. The smallest absolute Gasteiger partial charge is 0.267 e. The van der Waals surface area contributed by atoms with Gasteiger partial charge in [0.05, 0.1) is 6.21 Å². The summed E-state index contributed by atoms with van der Waals surface area (Å²) >= 11 is 0. The van der Waals surface area contributed by atoms with E-state index in [4.69, 9.17) is 0 Å². The molecule has 0 atom stereocenters. The molecule has 0 aliphatic rings. The molecule has 0 aromatic heterocycles. The van der Waals surface area contributed by atoms with Crippen molar-refractivity contribution in [3.05, 3.63) is 71.0 Å². The topological polar surface area (TPSA) is 41.5 Å². The molecule has 2 aromatic carbocycles. The van der Waals surface area contributed by atoms with Crippen LogP contribution in [0.3, 0.4) is 0 Å². The number of nitrogens with one attached hydrogen (secondary N) is 1. The number of carbonyl (C=O) groups excluding carboxylic acids is 1. The average molecular weight is 298 g/mol. The van der Waals surface area contributed by atoms with Gasteiger partial charge in [-0.1, -0.05) is 45.0 Å². The van der Waals surface area contributed by atoms with E-state index in [1.54, 1.807) is 24.3 Å². The van der Waals surface area contributed by atoms with Crippen molar-refractivity contribution in [2.45, 2.75) is 26.2 Å². The first kappa shape index (κ1) is 15.9. The second-order valence-corrected chi connectivity index (χ2v) is 6.08. The standard InChI is InChI=1S/C18H19FN2O/c1-18(2,3)15-8-6-14(7-9-15)17(22)21-20-12-13-4-10-16(19)11-5-13/h4-12H,1-3H3,(H,21,22). The Morgan fingerprint density at radius 3 is 2.18 bits per heavy atom. The van der Waals surface area contributed by atoms with Crippen LogP contribution in [0.25, 0.3) is 0 Å². The Bertz CT molecular complexity index is 668. The fraction of sp³-hybridized carbons (Fsp3) is 0.222. The van der Waals surface area contributed by atoms with Crippen LogP contribution in [-0.2, 0) is 5.41 Å². The van der Waals surface area contributed by atoms with E-state index in [0.717, 1.165) is 0 Å². The molecule has 4 heteroatoms. The Labute approximate surface area is 129 Å². The zero-order chi connectivity index (χ0) is 16.2. The molecule has 1 amide bonds. The molecule has 0 aliphatic heterocycles. The SMILES string of the molecule is CC(C)(C)c1ccc(C(=O)NN=Cc2ccc(F)cc2)cc1. The van der Waals surface area contributed by atoms with Gasteiger partial charge in [0, 0.05) is 5.56 Å². The van der Waals surface area contributed by atoms with E-state index in [0.29, 0.717) is 11.1 Å². The van der Waals surface area contributed by atoms with Gasteiger partial charge in [-0.25, -0.2) is 9.82 Å². The highest BCUT2D eigenvalue weighted by atomic mass is 19.1. The molecule has 22 heavy (non-hydrogen) atoms. The Kier molecular flexibility index (Phi) is 4.71. The maximum atomic E-state index is 12.8. The van der Waals surface area contributed by atoms with Crippen molar-refractivity contribution >= 4 is 12.1 Å². The van der Waals surface area contributed by atoms with Crippen LogP contribution in [0.1, 0.15) is 42.3 Å². The normalized spacial score (nSPS) is 11.6. The average Bonchev–Trinajstić information content (AvgIpc) is 2.48. The number of rotatable bonds is 3. The summed E-state index contributed by atoms with van der Waals surface area (Å²) in [5.74, 6) is -0.584. The third kappa shape index (κ3) is 4.25. The maximum Gasteiger partial charge on any atom is 0.271 e. The molecule has 0 radical (unpaired) electrons. The van der Waals surface area contributed by atoms with Crippen molar-refractivity contribution < 1.29 is 9.18 Å². The van der Waals surface area contributed by atoms with Crippen LogP contribution in [0.2, 0.25) is 0 Å². The quantitative estimate of drug-likeness (QED) is 0.678. The minimum Gasteiger partial charge on any atom is -0.267 e. The Balaban J connectivity index is 1.99. The van der Waals surface area contributed by atoms with Gasteiger partial charge in [-0.3, -0.25) is 4.79 Å². The van der Waals surface area contributed by atoms with Gasteiger partial charge in [-0.15, -0.1) is 0 Å². The lowest BCUT2D eigenvalue weighted by atomic mass is 9.87. The molecule has 0 fully saturated rings. The second kappa shape index (κ2) is 6.52. The zero-order valence-electron chi connectivity index (χ0n) is 12.9. The van der Waals surface area contributed by atoms with Crippen LogP contribution in [-0.4, -0.2) is 12.1 Å². The Hall–Kier alpha value is -2.49. The molecule has 0 saturated heterocycles. The molecule has 0 spiro atoms. The van der Waals surface area contributed by atoms with Gasteiger partial charge in [-0.2, -0.15) is 5.10 Å². The summed E-state index contributed by atoms with van der Waals surface area (Å²) in [6, 6.07) is 13.3. The summed E-state index contributed by atoms with van der Waals surface area (Å²) in [7, 11) is 0. The largest absolute Gasteiger partial charge is 0.271 e. The summed E-state index contributed by atoms with van der Waals surface area (Å²) in [6.45, 7) is 6.36. The summed E-state index contributed by atoms with van der Waals surface area (Å²) in [5, 5.41) is 3.87. The van der Waals surface area contributed by atoms with Gasteiger partial charge in [0.15, 0.2) is 0 Å². The second-order valence-electron chi connectivity index (χ2n) is 6.08. The molecule has 3 nitrogen and oxygen atoms in total. The van der Waals surface area contributed by atoms with Crippen molar-refractivity contribution in [3.63, 3.8) is 0 Å². The van der Waals surface area contributed by atoms with Crippen molar-refractivity contribution in [3.8, 4) is 0 Å². The highest BCUT2D eigenvalue weighted by molar-refractivity contribution is 5.94. The highest BCUT2D eigenvalue weighted by Crippen LogP contribution is 2.22. The number of halogens is 1. The molecule has 0 bridgehead atoms. The number of nitrogens with zero attached hydrogens (tertiary/aromatic N) is 1. The summed E-state index contributed by atoms with van der Waals surface area (Å²) < 4.78 is 12.8. The molecule has 0 saturated carbocycles. The minimum atomic E-state index is -0.305. The molecule has 2 rings (SSSR count). The Morgan fingerprint density at radius 1 is 1.05 bits per heavy atom. The first-order chi connectivity index (χ1) is 10.4. The van der Waals surface area contributed by atoms with E-state index >= 15 is 0 Å². The number of benzene rings is 2. The Morgan fingerprint density at radius 2 is 1.64 bits per heavy atom. The van der Waals surface area contributed by atoms with Crippen molar-refractivity contribution in [1.82, 2.24) is 5.43 Å². The predicted octanol–water partition coefficient (Wildman–Crippen LogP) is 3.89. The highest BCUT2D eigenvalue weighted by Gasteiger charge is 2.14. The van der Waals surface area contributed by atoms with E-state index < -0.39 is 0 Å². The van der Waals surface area contributed by atoms with Crippen molar-refractivity contribution in [2.24, 2.45) is 5.10 Å². The fourth-order valence-electron chi connectivity index (χ4n) is 1.90. The third-order valence-corrected chi connectivity index (χ3v) is 3.26. The van der Waals surface area contributed by atoms with Crippen LogP contribution in [0.4, 0.5) is 4.39 Å². The van der Waals surface area contributed by atoms with Crippen LogP contribution in [0, 0.1) is 5.82 Å². The summed E-state index contributed by atoms with van der Waals surface area (Å²) in [4.78, 5) is 12.0. The maximum absolute atomic E-state index is 12.8. The van der Waals surface area contributed by atoms with E-state index in [-0.39, 0.29) is 17.1 Å². The van der Waals surface area contributed by atoms with Gasteiger partial charge in [0.2, 0.25) is 0 Å². The van der Waals surface area contributed by atoms with E-state index in [1.807, 2.05) is 12.1 Å². The lowest BCUT2D eigenvalue weighted by molar-refractivity contribution is 0.0955. The van der Waals surface area contributed by atoms with Crippen molar-refractivity contribution in [1.29, 1.82) is 0 Å². The zero-order valence-corrected chi connectivity index (χ0v) is 12.9. The first-order valence-corrected chi connectivity index (χ1v) is 7.06. The lowest BCUT2D eigenvalue weighted by Crippen LogP contribution is -2.18. The van der Waals surface area contributed by atoms with Gasteiger partial charge in [0.1, 0.15) is 5.82 Å². The first-order valence-electron chi connectivity index (χ1n) is 7.06. The number of carbonyl (C=O) groups is 1. The lowest BCUT2D eigenvalue weighted by Gasteiger charge is -2.18. The number of hydrogen-bond donors (Lipinski definition) is 1. The minimum absolute atomic E-state index is 0.0513. The fourth-order valence-corrected chi connectivity index (χ4v) is 1.90. The van der Waals surface area contributed by atoms with Gasteiger partial charge in [0.25, 0.3) is 5.91 Å². The van der Waals surface area contributed by atoms with Crippen LogP contribution in [0.5, 0.6) is 0 Å².